The molecule has 0 spiro atoms. The van der Waals surface area contributed by atoms with E-state index in [0.29, 0.717) is 28.7 Å². The first kappa shape index (κ1) is 17.6. The van der Waals surface area contributed by atoms with Crippen molar-refractivity contribution in [3.05, 3.63) is 57.6 Å². The van der Waals surface area contributed by atoms with Crippen molar-refractivity contribution in [1.82, 2.24) is 0 Å². The zero-order valence-corrected chi connectivity index (χ0v) is 15.1. The molecular formula is C18H15Cl2NO4. The SMILES string of the molecule is COc1ccc2c(c1)O[C@@H](C)C/C2=N\OC(=O)c1ccc(Cl)cc1Cl. The molecule has 25 heavy (non-hydrogen) atoms. The lowest BCUT2D eigenvalue weighted by atomic mass is 10.0. The van der Waals surface area contributed by atoms with Crippen molar-refractivity contribution in [2.24, 2.45) is 5.16 Å². The van der Waals surface area contributed by atoms with Crippen molar-refractivity contribution >= 4 is 34.9 Å². The molecule has 0 unspecified atom stereocenters. The van der Waals surface area contributed by atoms with Gasteiger partial charge in [0.25, 0.3) is 0 Å². The van der Waals surface area contributed by atoms with Gasteiger partial charge >= 0.3 is 5.97 Å². The van der Waals surface area contributed by atoms with Gasteiger partial charge in [-0.1, -0.05) is 28.4 Å². The van der Waals surface area contributed by atoms with Crippen molar-refractivity contribution in [1.29, 1.82) is 0 Å². The van der Waals surface area contributed by atoms with Crippen LogP contribution in [-0.4, -0.2) is 24.9 Å². The van der Waals surface area contributed by atoms with Crippen LogP contribution in [0.4, 0.5) is 0 Å². The molecule has 0 saturated carbocycles. The largest absolute Gasteiger partial charge is 0.497 e. The fourth-order valence-corrected chi connectivity index (χ4v) is 2.98. The van der Waals surface area contributed by atoms with E-state index in [9.17, 15) is 4.79 Å². The van der Waals surface area contributed by atoms with E-state index < -0.39 is 5.97 Å². The number of hydrogen-bond donors (Lipinski definition) is 0. The van der Waals surface area contributed by atoms with Gasteiger partial charge in [0, 0.05) is 23.1 Å². The number of benzene rings is 2. The van der Waals surface area contributed by atoms with Crippen LogP contribution in [0.3, 0.4) is 0 Å². The number of methoxy groups -OCH3 is 1. The first-order valence-corrected chi connectivity index (χ1v) is 8.32. The molecule has 1 atom stereocenters. The highest BCUT2D eigenvalue weighted by atomic mass is 35.5. The van der Waals surface area contributed by atoms with E-state index in [4.69, 9.17) is 37.5 Å². The second kappa shape index (κ2) is 7.33. The molecule has 0 bridgehead atoms. The van der Waals surface area contributed by atoms with Crippen LogP contribution in [0.5, 0.6) is 11.5 Å². The standard InChI is InChI=1S/C18H15Cl2NO4/c1-10-7-16(14-6-4-12(23-2)9-17(14)24-10)21-25-18(22)13-5-3-11(19)8-15(13)20/h3-6,8-10H,7H2,1-2H3/b21-16+/t10-/m0/s1. The molecule has 0 aromatic heterocycles. The molecule has 0 amide bonds. The highest BCUT2D eigenvalue weighted by Gasteiger charge is 2.24. The van der Waals surface area contributed by atoms with Gasteiger partial charge in [-0.15, -0.1) is 0 Å². The number of oxime groups is 1. The zero-order chi connectivity index (χ0) is 18.0. The van der Waals surface area contributed by atoms with E-state index in [0.717, 1.165) is 5.56 Å². The molecule has 2 aromatic carbocycles. The summed E-state index contributed by atoms with van der Waals surface area (Å²) in [7, 11) is 1.58. The van der Waals surface area contributed by atoms with E-state index in [1.165, 1.54) is 12.1 Å². The molecule has 0 radical (unpaired) electrons. The van der Waals surface area contributed by atoms with Gasteiger partial charge < -0.3 is 14.3 Å². The predicted octanol–water partition coefficient (Wildman–Crippen LogP) is 4.73. The van der Waals surface area contributed by atoms with Crippen LogP contribution in [0.2, 0.25) is 10.0 Å². The fraction of sp³-hybridized carbons (Fsp3) is 0.222. The van der Waals surface area contributed by atoms with Crippen molar-refractivity contribution < 1.29 is 19.1 Å². The molecule has 1 heterocycles. The van der Waals surface area contributed by atoms with Crippen LogP contribution in [-0.2, 0) is 4.84 Å². The van der Waals surface area contributed by atoms with Crippen LogP contribution in [0.15, 0.2) is 41.6 Å². The van der Waals surface area contributed by atoms with Crippen LogP contribution < -0.4 is 9.47 Å². The maximum atomic E-state index is 12.2. The third kappa shape index (κ3) is 3.89. The average Bonchev–Trinajstić information content (AvgIpc) is 2.58. The Morgan fingerprint density at radius 3 is 2.76 bits per heavy atom. The number of rotatable bonds is 3. The summed E-state index contributed by atoms with van der Waals surface area (Å²) in [6, 6.07) is 9.94. The van der Waals surface area contributed by atoms with E-state index >= 15 is 0 Å². The molecule has 130 valence electrons. The van der Waals surface area contributed by atoms with Gasteiger partial charge in [-0.05, 0) is 37.3 Å². The molecule has 0 N–H and O–H groups in total. The molecule has 2 aromatic rings. The minimum absolute atomic E-state index is 0.101. The number of hydrogen-bond acceptors (Lipinski definition) is 5. The van der Waals surface area contributed by atoms with Crippen LogP contribution in [0, 0.1) is 0 Å². The van der Waals surface area contributed by atoms with Crippen LogP contribution in [0.25, 0.3) is 0 Å². The third-order valence-corrected chi connectivity index (χ3v) is 4.25. The summed E-state index contributed by atoms with van der Waals surface area (Å²) in [6.07, 6.45) is 0.414. The smallest absolute Gasteiger partial charge is 0.367 e. The topological polar surface area (TPSA) is 57.1 Å². The Hall–Kier alpha value is -2.24. The summed E-state index contributed by atoms with van der Waals surface area (Å²) >= 11 is 11.8. The Morgan fingerprint density at radius 1 is 1.24 bits per heavy atom. The Morgan fingerprint density at radius 2 is 2.04 bits per heavy atom. The van der Waals surface area contributed by atoms with Gasteiger partial charge in [-0.25, -0.2) is 4.79 Å². The molecule has 3 rings (SSSR count). The van der Waals surface area contributed by atoms with Gasteiger partial charge in [0.15, 0.2) is 0 Å². The van der Waals surface area contributed by atoms with Gasteiger partial charge in [-0.3, -0.25) is 0 Å². The van der Waals surface area contributed by atoms with E-state index in [1.54, 1.807) is 25.3 Å². The van der Waals surface area contributed by atoms with E-state index in [2.05, 4.69) is 5.16 Å². The maximum absolute atomic E-state index is 12.2. The summed E-state index contributed by atoms with van der Waals surface area (Å²) in [6.45, 7) is 1.91. The lowest BCUT2D eigenvalue weighted by molar-refractivity contribution is 0.0513. The number of carbonyl (C=O) groups excluding carboxylic acids is 1. The molecule has 0 aliphatic carbocycles. The molecule has 7 heteroatoms. The number of carbonyl (C=O) groups is 1. The summed E-state index contributed by atoms with van der Waals surface area (Å²) in [4.78, 5) is 17.3. The third-order valence-electron chi connectivity index (χ3n) is 3.70. The molecular weight excluding hydrogens is 365 g/mol. The van der Waals surface area contributed by atoms with Gasteiger partial charge in [-0.2, -0.15) is 0 Å². The first-order chi connectivity index (χ1) is 12.0. The van der Waals surface area contributed by atoms with Gasteiger partial charge in [0.2, 0.25) is 0 Å². The van der Waals surface area contributed by atoms with E-state index in [-0.39, 0.29) is 16.7 Å². The van der Waals surface area contributed by atoms with Crippen LogP contribution >= 0.6 is 23.2 Å². The molecule has 1 aliphatic rings. The number of halogens is 2. The Labute approximate surface area is 155 Å². The Kier molecular flexibility index (Phi) is 5.16. The van der Waals surface area contributed by atoms with Gasteiger partial charge in [0.05, 0.1) is 23.4 Å². The summed E-state index contributed by atoms with van der Waals surface area (Å²) < 4.78 is 11.0. The lowest BCUT2D eigenvalue weighted by Crippen LogP contribution is -2.25. The number of ether oxygens (including phenoxy) is 2. The quantitative estimate of drug-likeness (QED) is 0.571. The Balaban J connectivity index is 1.85. The van der Waals surface area contributed by atoms with Crippen molar-refractivity contribution in [2.45, 2.75) is 19.4 Å². The fourth-order valence-electron chi connectivity index (χ4n) is 2.49. The van der Waals surface area contributed by atoms with Crippen molar-refractivity contribution in [3.8, 4) is 11.5 Å². The van der Waals surface area contributed by atoms with Crippen molar-refractivity contribution in [2.75, 3.05) is 7.11 Å². The second-order valence-corrected chi connectivity index (χ2v) is 6.38. The highest BCUT2D eigenvalue weighted by Crippen LogP contribution is 2.32. The molecule has 5 nitrogen and oxygen atoms in total. The monoisotopic (exact) mass is 379 g/mol. The van der Waals surface area contributed by atoms with Crippen molar-refractivity contribution in [3.63, 3.8) is 0 Å². The highest BCUT2D eigenvalue weighted by molar-refractivity contribution is 6.36. The maximum Gasteiger partial charge on any atom is 0.367 e. The summed E-state index contributed by atoms with van der Waals surface area (Å²) in [5.41, 5.74) is 1.58. The number of fused-ring (bicyclic) bond motifs is 1. The van der Waals surface area contributed by atoms with Gasteiger partial charge in [0.1, 0.15) is 17.6 Å². The minimum Gasteiger partial charge on any atom is -0.497 e. The molecule has 0 fully saturated rings. The zero-order valence-electron chi connectivity index (χ0n) is 13.6. The average molecular weight is 380 g/mol. The predicted molar refractivity (Wildman–Crippen MR) is 96.1 cm³/mol. The normalized spacial score (nSPS) is 17.6. The summed E-state index contributed by atoms with van der Waals surface area (Å²) in [5.74, 6) is 0.665. The molecule has 1 aliphatic heterocycles. The Bertz CT molecular complexity index is 851. The summed E-state index contributed by atoms with van der Waals surface area (Å²) in [5, 5.41) is 4.68. The van der Waals surface area contributed by atoms with Crippen LogP contribution in [0.1, 0.15) is 29.3 Å². The minimum atomic E-state index is -0.650. The molecule has 0 saturated heterocycles. The lowest BCUT2D eigenvalue weighted by Gasteiger charge is -2.24. The van der Waals surface area contributed by atoms with E-state index in [1.807, 2.05) is 13.0 Å². The second-order valence-electron chi connectivity index (χ2n) is 5.54. The number of nitrogens with zero attached hydrogens (tertiary/aromatic N) is 1. The first-order valence-electron chi connectivity index (χ1n) is 7.56.